The van der Waals surface area contributed by atoms with Gasteiger partial charge in [-0.3, -0.25) is 0 Å². The van der Waals surface area contributed by atoms with Crippen LogP contribution in [0.3, 0.4) is 0 Å². The number of benzene rings is 4. The Morgan fingerprint density at radius 1 is 0.593 bits per heavy atom. The summed E-state index contributed by atoms with van der Waals surface area (Å²) in [4.78, 5) is 5.03. The van der Waals surface area contributed by atoms with Gasteiger partial charge < -0.3 is 9.80 Å². The summed E-state index contributed by atoms with van der Waals surface area (Å²) in [7, 11) is 3.96. The van der Waals surface area contributed by atoms with Crippen molar-refractivity contribution in [1.82, 2.24) is 0 Å². The molecule has 5 aromatic rings. The van der Waals surface area contributed by atoms with Crippen LogP contribution in [0.15, 0.2) is 152 Å². The number of allylic oxidation sites excluding steroid dienone is 1. The number of hydrogen-bond acceptors (Lipinski definition) is 4. The molecule has 0 amide bonds. The van der Waals surface area contributed by atoms with E-state index in [1.54, 1.807) is 0 Å². The molecule has 6 rings (SSSR count). The van der Waals surface area contributed by atoms with Crippen LogP contribution in [0.1, 0.15) is 48.2 Å². The van der Waals surface area contributed by atoms with Gasteiger partial charge in [0.15, 0.2) is 18.5 Å². The van der Waals surface area contributed by atoms with Crippen LogP contribution in [0.25, 0.3) is 18.2 Å². The lowest BCUT2D eigenvalue weighted by molar-refractivity contribution is -0.695. The van der Waals surface area contributed by atoms with Crippen molar-refractivity contribution in [2.75, 3.05) is 40.9 Å². The van der Waals surface area contributed by atoms with Gasteiger partial charge in [0.05, 0.1) is 0 Å². The van der Waals surface area contributed by atoms with Gasteiger partial charge in [-0.05, 0) is 78.6 Å². The third-order valence-corrected chi connectivity index (χ3v) is 12.1. The lowest BCUT2D eigenvalue weighted by Gasteiger charge is -2.26. The van der Waals surface area contributed by atoms with Crippen molar-refractivity contribution in [3.63, 3.8) is 0 Å². The van der Waals surface area contributed by atoms with Crippen molar-refractivity contribution in [3.8, 4) is 0 Å². The Morgan fingerprint density at radius 3 is 1.70 bits per heavy atom. The van der Waals surface area contributed by atoms with Crippen LogP contribution < -0.4 is 14.4 Å². The zero-order valence-corrected chi connectivity index (χ0v) is 33.4. The molecule has 0 spiro atoms. The van der Waals surface area contributed by atoms with Crippen LogP contribution in [0.2, 0.25) is 0 Å². The molecule has 0 fully saturated rings. The molecule has 1 aromatic heterocycles. The van der Waals surface area contributed by atoms with Crippen molar-refractivity contribution in [2.24, 2.45) is 0 Å². The van der Waals surface area contributed by atoms with Crippen LogP contribution in [-0.2, 0) is 19.6 Å². The van der Waals surface area contributed by atoms with E-state index in [2.05, 4.69) is 209 Å². The normalized spacial score (nSPS) is 13.9. The van der Waals surface area contributed by atoms with Crippen LogP contribution in [0.4, 0.5) is 11.4 Å². The van der Waals surface area contributed by atoms with Crippen LogP contribution in [0.5, 0.6) is 0 Å². The molecule has 0 saturated heterocycles. The second-order valence-corrected chi connectivity index (χ2v) is 16.2. The zero-order valence-electron chi connectivity index (χ0n) is 31.8. The van der Waals surface area contributed by atoms with Gasteiger partial charge in [0, 0.05) is 79.8 Å². The molecule has 4 aromatic carbocycles. The van der Waals surface area contributed by atoms with Crippen molar-refractivity contribution in [1.29, 1.82) is 0 Å². The maximum absolute atomic E-state index is 2.52. The van der Waals surface area contributed by atoms with Crippen molar-refractivity contribution in [2.45, 2.75) is 45.9 Å². The first kappa shape index (κ1) is 38.9. The Kier molecular flexibility index (Phi) is 15.3. The Hall–Kier alpha value is -4.78. The van der Waals surface area contributed by atoms with Crippen molar-refractivity contribution < 1.29 is 9.14 Å². The predicted molar refractivity (Wildman–Crippen MR) is 237 cm³/mol. The largest absolute Gasteiger partial charge is 0.366 e. The summed E-state index contributed by atoms with van der Waals surface area (Å²) in [6.07, 6.45) is 18.8. The Morgan fingerprint density at radius 2 is 1.15 bits per heavy atom. The van der Waals surface area contributed by atoms with E-state index < -0.39 is 0 Å². The van der Waals surface area contributed by atoms with E-state index >= 15 is 0 Å². The van der Waals surface area contributed by atoms with E-state index in [-0.39, 0.29) is 0 Å². The van der Waals surface area contributed by atoms with Crippen molar-refractivity contribution in [3.05, 3.63) is 180 Å². The van der Waals surface area contributed by atoms with Crippen LogP contribution in [-0.4, -0.2) is 48.0 Å². The molecular formula is C48H54N4S2+2. The van der Waals surface area contributed by atoms with E-state index in [9.17, 15) is 0 Å². The molecule has 0 bridgehead atoms. The van der Waals surface area contributed by atoms with Crippen LogP contribution >= 0.6 is 21.6 Å². The molecule has 0 radical (unpaired) electrons. The zero-order chi connectivity index (χ0) is 37.2. The summed E-state index contributed by atoms with van der Waals surface area (Å²) in [5.74, 6) is 2.10. The summed E-state index contributed by atoms with van der Waals surface area (Å²) in [5.41, 5.74) is 8.87. The van der Waals surface area contributed by atoms with E-state index in [1.807, 2.05) is 21.6 Å². The second kappa shape index (κ2) is 21.2. The molecule has 2 heterocycles. The highest BCUT2D eigenvalue weighted by molar-refractivity contribution is 8.76. The van der Waals surface area contributed by atoms with E-state index in [1.165, 1.54) is 39.3 Å². The number of rotatable bonds is 20. The average Bonchev–Trinajstić information content (AvgIpc) is 3.69. The minimum atomic E-state index is 0.474. The number of aryl methyl sites for hydroxylation is 1. The molecule has 1 atom stereocenters. The SMILES string of the molecule is CC[N+]1=CC=CC1C/C=C/c1ccc(N(CCSSCCN(Cc2ccccc2)c2ccc(/C=C/c3cccc[n+]3CC)cc2)Cc2ccccc2)cc1. The molecule has 1 aliphatic heterocycles. The van der Waals surface area contributed by atoms with Gasteiger partial charge >= 0.3 is 0 Å². The molecule has 0 N–H and O–H groups in total. The number of aromatic nitrogens is 1. The minimum Gasteiger partial charge on any atom is -0.366 e. The highest BCUT2D eigenvalue weighted by atomic mass is 33.1. The summed E-state index contributed by atoms with van der Waals surface area (Å²) >= 11 is 0. The smallest absolute Gasteiger partial charge is 0.205 e. The summed E-state index contributed by atoms with van der Waals surface area (Å²) in [6.45, 7) is 10.2. The molecular weight excluding hydrogens is 697 g/mol. The lowest BCUT2D eigenvalue weighted by Crippen LogP contribution is -2.34. The fourth-order valence-corrected chi connectivity index (χ4v) is 8.71. The van der Waals surface area contributed by atoms with Gasteiger partial charge in [-0.2, -0.15) is 4.57 Å². The standard InChI is InChI=1S/C48H54N4S2/c1-3-49-33-12-11-20-46(49)28-25-42-26-31-48(32-27-42)52(40-44-17-9-6-10-18-44)36-38-54-53-37-35-51(39-43-15-7-5-8-16-43)47-29-23-41(24-30-47)19-13-21-45-22-14-34-50(45)4-2/h5-20,22-34,45H,3-4,21,35-40H2,1-2H3/q+2/b19-13+. The van der Waals surface area contributed by atoms with E-state index in [4.69, 9.17) is 0 Å². The molecule has 1 aliphatic rings. The Bertz CT molecular complexity index is 1970. The fourth-order valence-electron chi connectivity index (χ4n) is 6.73. The third-order valence-electron chi connectivity index (χ3n) is 9.77. The third kappa shape index (κ3) is 11.9. The van der Waals surface area contributed by atoms with Gasteiger partial charge in [-0.25, -0.2) is 4.58 Å². The lowest BCUT2D eigenvalue weighted by atomic mass is 10.1. The van der Waals surface area contributed by atoms with Gasteiger partial charge in [-0.1, -0.05) is 119 Å². The van der Waals surface area contributed by atoms with Crippen molar-refractivity contribution >= 4 is 57.4 Å². The van der Waals surface area contributed by atoms with Gasteiger partial charge in [-0.15, -0.1) is 0 Å². The summed E-state index contributed by atoms with van der Waals surface area (Å²) < 4.78 is 4.64. The first-order valence-corrected chi connectivity index (χ1v) is 21.8. The van der Waals surface area contributed by atoms with Gasteiger partial charge in [0.25, 0.3) is 0 Å². The van der Waals surface area contributed by atoms with E-state index in [0.29, 0.717) is 6.04 Å². The Labute approximate surface area is 331 Å². The Balaban J connectivity index is 1.03. The maximum atomic E-state index is 2.52. The number of likely N-dealkylation sites (N-methyl/N-ethyl adjacent to an activating group) is 1. The first-order valence-electron chi connectivity index (χ1n) is 19.3. The molecule has 1 unspecified atom stereocenters. The molecule has 4 nitrogen and oxygen atoms in total. The highest BCUT2D eigenvalue weighted by Crippen LogP contribution is 2.26. The molecule has 0 aliphatic carbocycles. The molecule has 6 heteroatoms. The predicted octanol–water partition coefficient (Wildman–Crippen LogP) is 10.7. The molecule has 276 valence electrons. The fraction of sp³-hybridized carbons (Fsp3) is 0.250. The van der Waals surface area contributed by atoms with E-state index in [0.717, 1.165) is 57.2 Å². The molecule has 54 heavy (non-hydrogen) atoms. The monoisotopic (exact) mass is 750 g/mol. The number of pyridine rings is 1. The maximum Gasteiger partial charge on any atom is 0.205 e. The topological polar surface area (TPSA) is 13.4 Å². The summed E-state index contributed by atoms with van der Waals surface area (Å²) in [6, 6.07) is 46.6. The van der Waals surface area contributed by atoms with Crippen LogP contribution in [0, 0.1) is 0 Å². The van der Waals surface area contributed by atoms with Gasteiger partial charge in [0.1, 0.15) is 13.1 Å². The number of nitrogens with zero attached hydrogens (tertiary/aromatic N) is 4. The number of anilines is 2. The molecule has 0 saturated carbocycles. The average molecular weight is 751 g/mol. The second-order valence-electron chi connectivity index (χ2n) is 13.5. The minimum absolute atomic E-state index is 0.474. The van der Waals surface area contributed by atoms with Gasteiger partial charge in [0.2, 0.25) is 5.69 Å². The quantitative estimate of drug-likeness (QED) is 0.0446. The number of hydrogen-bond donors (Lipinski definition) is 0. The summed E-state index contributed by atoms with van der Waals surface area (Å²) in [5, 5.41) is 0. The highest BCUT2D eigenvalue weighted by Gasteiger charge is 2.17. The first-order chi connectivity index (χ1) is 26.7.